The highest BCUT2D eigenvalue weighted by Crippen LogP contribution is 2.16. The molecule has 0 unspecified atom stereocenters. The van der Waals surface area contributed by atoms with Crippen molar-refractivity contribution in [2.45, 2.75) is 6.54 Å². The summed E-state index contributed by atoms with van der Waals surface area (Å²) in [4.78, 5) is 12.2. The number of carbonyl (C=O) groups is 1. The number of benzene rings is 2. The molecule has 0 saturated carbocycles. The molecule has 0 aliphatic heterocycles. The van der Waals surface area contributed by atoms with Crippen LogP contribution in [0.5, 0.6) is 5.75 Å². The highest BCUT2D eigenvalue weighted by Gasteiger charge is 2.11. The zero-order valence-electron chi connectivity index (χ0n) is 13.3. The number of ether oxygens (including phenoxy) is 1. The lowest BCUT2D eigenvalue weighted by molar-refractivity contribution is 0.102. The standard InChI is InChI=1S/C18H15N5O2/c19-10-11-25-16-8-6-15(7-9-16)20-18(24)17-13-23(22-21-17)12-14-4-2-1-3-5-14/h1-9,13H,11-12H2,(H,20,24). The Hall–Kier alpha value is -3.66. The third kappa shape index (κ3) is 4.42. The molecule has 0 spiro atoms. The average molecular weight is 333 g/mol. The summed E-state index contributed by atoms with van der Waals surface area (Å²) in [7, 11) is 0. The average Bonchev–Trinajstić information content (AvgIpc) is 3.11. The maximum atomic E-state index is 12.2. The normalized spacial score (nSPS) is 10.0. The van der Waals surface area contributed by atoms with Crippen LogP contribution in [0.2, 0.25) is 0 Å². The number of amides is 1. The van der Waals surface area contributed by atoms with Gasteiger partial charge in [0.15, 0.2) is 12.3 Å². The number of nitrogens with zero attached hydrogens (tertiary/aromatic N) is 4. The SMILES string of the molecule is N#CCOc1ccc(NC(=O)c2cn(Cc3ccccc3)nn2)cc1. The number of rotatable bonds is 6. The van der Waals surface area contributed by atoms with E-state index in [1.807, 2.05) is 36.4 Å². The molecular formula is C18H15N5O2. The first-order chi connectivity index (χ1) is 12.2. The lowest BCUT2D eigenvalue weighted by Gasteiger charge is -2.05. The zero-order valence-corrected chi connectivity index (χ0v) is 13.3. The summed E-state index contributed by atoms with van der Waals surface area (Å²) in [5, 5.41) is 19.1. The molecule has 7 nitrogen and oxygen atoms in total. The van der Waals surface area contributed by atoms with E-state index in [1.165, 1.54) is 0 Å². The third-order valence-electron chi connectivity index (χ3n) is 3.37. The first-order valence-electron chi connectivity index (χ1n) is 7.60. The molecule has 25 heavy (non-hydrogen) atoms. The van der Waals surface area contributed by atoms with E-state index in [0.29, 0.717) is 18.0 Å². The third-order valence-corrected chi connectivity index (χ3v) is 3.37. The highest BCUT2D eigenvalue weighted by atomic mass is 16.5. The largest absolute Gasteiger partial charge is 0.479 e. The predicted octanol–water partition coefficient (Wildman–Crippen LogP) is 2.48. The Morgan fingerprint density at radius 3 is 2.64 bits per heavy atom. The van der Waals surface area contributed by atoms with Crippen molar-refractivity contribution in [3.63, 3.8) is 0 Å². The van der Waals surface area contributed by atoms with E-state index in [1.54, 1.807) is 35.1 Å². The Bertz CT molecular complexity index is 882. The first-order valence-corrected chi connectivity index (χ1v) is 7.60. The van der Waals surface area contributed by atoms with Gasteiger partial charge in [-0.3, -0.25) is 4.79 Å². The number of nitriles is 1. The summed E-state index contributed by atoms with van der Waals surface area (Å²) < 4.78 is 6.77. The lowest BCUT2D eigenvalue weighted by Crippen LogP contribution is -2.12. The second kappa shape index (κ2) is 7.75. The van der Waals surface area contributed by atoms with Gasteiger partial charge in [-0.1, -0.05) is 35.5 Å². The molecule has 1 aromatic heterocycles. The minimum Gasteiger partial charge on any atom is -0.479 e. The molecule has 0 aliphatic carbocycles. The van der Waals surface area contributed by atoms with Gasteiger partial charge in [0.25, 0.3) is 5.91 Å². The molecule has 1 amide bonds. The first kappa shape index (κ1) is 16.2. The van der Waals surface area contributed by atoms with Crippen LogP contribution in [0.1, 0.15) is 16.1 Å². The molecule has 0 saturated heterocycles. The van der Waals surface area contributed by atoms with Crippen LogP contribution in [0.4, 0.5) is 5.69 Å². The van der Waals surface area contributed by atoms with Crippen LogP contribution >= 0.6 is 0 Å². The maximum absolute atomic E-state index is 12.2. The number of carbonyl (C=O) groups excluding carboxylic acids is 1. The topological polar surface area (TPSA) is 92.8 Å². The van der Waals surface area contributed by atoms with Gasteiger partial charge in [0.2, 0.25) is 0 Å². The molecule has 124 valence electrons. The molecule has 0 aliphatic rings. The fourth-order valence-corrected chi connectivity index (χ4v) is 2.20. The molecule has 2 aromatic carbocycles. The van der Waals surface area contributed by atoms with Gasteiger partial charge in [-0.05, 0) is 29.8 Å². The van der Waals surface area contributed by atoms with E-state index < -0.39 is 0 Å². The quantitative estimate of drug-likeness (QED) is 0.748. The van der Waals surface area contributed by atoms with Crippen molar-refractivity contribution in [3.05, 3.63) is 72.1 Å². The van der Waals surface area contributed by atoms with Crippen molar-refractivity contribution in [1.82, 2.24) is 15.0 Å². The van der Waals surface area contributed by atoms with Crippen molar-refractivity contribution in [2.24, 2.45) is 0 Å². The molecule has 0 atom stereocenters. The molecule has 7 heteroatoms. The van der Waals surface area contributed by atoms with Crippen LogP contribution < -0.4 is 10.1 Å². The molecule has 0 bridgehead atoms. The number of hydrogen-bond acceptors (Lipinski definition) is 5. The Morgan fingerprint density at radius 1 is 1.16 bits per heavy atom. The molecule has 3 aromatic rings. The second-order valence-corrected chi connectivity index (χ2v) is 5.21. The van der Waals surface area contributed by atoms with E-state index in [-0.39, 0.29) is 18.2 Å². The van der Waals surface area contributed by atoms with Gasteiger partial charge in [0, 0.05) is 5.69 Å². The van der Waals surface area contributed by atoms with Crippen LogP contribution in [0.3, 0.4) is 0 Å². The van der Waals surface area contributed by atoms with Gasteiger partial charge in [0.05, 0.1) is 12.7 Å². The van der Waals surface area contributed by atoms with Crippen molar-refractivity contribution in [1.29, 1.82) is 5.26 Å². The van der Waals surface area contributed by atoms with E-state index in [2.05, 4.69) is 15.6 Å². The van der Waals surface area contributed by atoms with E-state index >= 15 is 0 Å². The predicted molar refractivity (Wildman–Crippen MR) is 91.1 cm³/mol. The van der Waals surface area contributed by atoms with Gasteiger partial charge in [0.1, 0.15) is 11.8 Å². The van der Waals surface area contributed by atoms with Gasteiger partial charge in [-0.25, -0.2) is 4.68 Å². The molecular weight excluding hydrogens is 318 g/mol. The molecule has 0 fully saturated rings. The fraction of sp³-hybridized carbons (Fsp3) is 0.111. The van der Waals surface area contributed by atoms with Crippen LogP contribution in [0.15, 0.2) is 60.8 Å². The van der Waals surface area contributed by atoms with Crippen LogP contribution in [0, 0.1) is 11.3 Å². The van der Waals surface area contributed by atoms with Crippen molar-refractivity contribution >= 4 is 11.6 Å². The fourth-order valence-electron chi connectivity index (χ4n) is 2.20. The summed E-state index contributed by atoms with van der Waals surface area (Å²) in [6.45, 7) is 0.530. The Labute approximate surface area is 144 Å². The van der Waals surface area contributed by atoms with E-state index in [0.717, 1.165) is 5.56 Å². The number of aromatic nitrogens is 3. The summed E-state index contributed by atoms with van der Waals surface area (Å²) in [6, 6.07) is 18.4. The zero-order chi connectivity index (χ0) is 17.5. The monoisotopic (exact) mass is 333 g/mol. The van der Waals surface area contributed by atoms with E-state index in [9.17, 15) is 4.79 Å². The van der Waals surface area contributed by atoms with Gasteiger partial charge < -0.3 is 10.1 Å². The minimum atomic E-state index is -0.343. The molecule has 0 radical (unpaired) electrons. The highest BCUT2D eigenvalue weighted by molar-refractivity contribution is 6.02. The maximum Gasteiger partial charge on any atom is 0.277 e. The number of hydrogen-bond donors (Lipinski definition) is 1. The van der Waals surface area contributed by atoms with Gasteiger partial charge in [-0.15, -0.1) is 5.10 Å². The van der Waals surface area contributed by atoms with Crippen molar-refractivity contribution in [3.8, 4) is 11.8 Å². The summed E-state index contributed by atoms with van der Waals surface area (Å²) >= 11 is 0. The summed E-state index contributed by atoms with van der Waals surface area (Å²) in [5.74, 6) is 0.221. The van der Waals surface area contributed by atoms with Gasteiger partial charge in [-0.2, -0.15) is 5.26 Å². The van der Waals surface area contributed by atoms with Crippen molar-refractivity contribution in [2.75, 3.05) is 11.9 Å². The molecule has 1 heterocycles. The Morgan fingerprint density at radius 2 is 1.92 bits per heavy atom. The number of anilines is 1. The Kier molecular flexibility index (Phi) is 5.02. The summed E-state index contributed by atoms with van der Waals surface area (Å²) in [6.07, 6.45) is 1.60. The molecule has 3 rings (SSSR count). The minimum absolute atomic E-state index is 0.0176. The van der Waals surface area contributed by atoms with Crippen LogP contribution in [0.25, 0.3) is 0 Å². The Balaban J connectivity index is 1.61. The van der Waals surface area contributed by atoms with Crippen LogP contribution in [-0.2, 0) is 6.54 Å². The molecule has 1 N–H and O–H groups in total. The number of nitrogens with one attached hydrogen (secondary N) is 1. The summed E-state index contributed by atoms with van der Waals surface area (Å²) in [5.41, 5.74) is 1.92. The van der Waals surface area contributed by atoms with Crippen molar-refractivity contribution < 1.29 is 9.53 Å². The second-order valence-electron chi connectivity index (χ2n) is 5.21. The van der Waals surface area contributed by atoms with Gasteiger partial charge >= 0.3 is 0 Å². The lowest BCUT2D eigenvalue weighted by atomic mass is 10.2. The van der Waals surface area contributed by atoms with Crippen LogP contribution in [-0.4, -0.2) is 27.5 Å². The smallest absolute Gasteiger partial charge is 0.277 e. The van der Waals surface area contributed by atoms with E-state index in [4.69, 9.17) is 10.00 Å².